The molecular weight excluding hydrogens is 322 g/mol. The molecule has 0 aliphatic carbocycles. The van der Waals surface area contributed by atoms with Crippen LogP contribution in [0.2, 0.25) is 0 Å². The Hall–Kier alpha value is -3.40. The summed E-state index contributed by atoms with van der Waals surface area (Å²) in [7, 11) is 1.67. The van der Waals surface area contributed by atoms with Crippen molar-refractivity contribution in [1.82, 2.24) is 14.5 Å². The molecular formula is C22H19N3O. The predicted molar refractivity (Wildman–Crippen MR) is 105 cm³/mol. The molecule has 2 aromatic heterocycles. The number of ether oxygens (including phenoxy) is 1. The summed E-state index contributed by atoms with van der Waals surface area (Å²) >= 11 is 0. The Balaban J connectivity index is 1.86. The molecule has 0 spiro atoms. The number of methoxy groups -OCH3 is 1. The van der Waals surface area contributed by atoms with E-state index in [-0.39, 0.29) is 0 Å². The van der Waals surface area contributed by atoms with Crippen molar-refractivity contribution < 1.29 is 4.74 Å². The molecule has 4 aromatic rings. The van der Waals surface area contributed by atoms with E-state index in [0.29, 0.717) is 5.95 Å². The van der Waals surface area contributed by atoms with Gasteiger partial charge in [0.2, 0.25) is 5.95 Å². The van der Waals surface area contributed by atoms with E-state index in [1.54, 1.807) is 19.5 Å². The van der Waals surface area contributed by atoms with Crippen molar-refractivity contribution in [3.05, 3.63) is 84.3 Å². The number of aromatic nitrogens is 3. The van der Waals surface area contributed by atoms with Gasteiger partial charge in [-0.15, -0.1) is 0 Å². The molecule has 0 N–H and O–H groups in total. The third-order valence-electron chi connectivity index (χ3n) is 4.37. The minimum Gasteiger partial charge on any atom is -0.497 e. The molecule has 26 heavy (non-hydrogen) atoms. The maximum atomic E-state index is 5.23. The van der Waals surface area contributed by atoms with Crippen molar-refractivity contribution >= 4 is 22.6 Å². The molecule has 0 atom stereocenters. The van der Waals surface area contributed by atoms with Crippen molar-refractivity contribution in [2.24, 2.45) is 0 Å². The maximum Gasteiger partial charge on any atom is 0.234 e. The van der Waals surface area contributed by atoms with Gasteiger partial charge in [-0.25, -0.2) is 9.97 Å². The van der Waals surface area contributed by atoms with E-state index in [1.807, 2.05) is 42.5 Å². The molecule has 128 valence electrons. The molecule has 4 nitrogen and oxygen atoms in total. The number of para-hydroxylation sites is 1. The Bertz CT molecular complexity index is 1060. The summed E-state index contributed by atoms with van der Waals surface area (Å²) < 4.78 is 7.34. The number of allylic oxidation sites excluding steroid dienone is 1. The Kier molecular flexibility index (Phi) is 4.23. The number of hydrogen-bond acceptors (Lipinski definition) is 3. The van der Waals surface area contributed by atoms with Crippen LogP contribution in [0.1, 0.15) is 18.2 Å². The van der Waals surface area contributed by atoms with Gasteiger partial charge in [-0.3, -0.25) is 4.57 Å². The molecule has 2 heterocycles. The van der Waals surface area contributed by atoms with E-state index in [4.69, 9.17) is 4.74 Å². The molecule has 4 heteroatoms. The first kappa shape index (κ1) is 16.1. The molecule has 2 aromatic carbocycles. The average Bonchev–Trinajstić information content (AvgIpc) is 3.09. The minimum atomic E-state index is 0.672. The lowest BCUT2D eigenvalue weighted by molar-refractivity contribution is 0.415. The summed E-state index contributed by atoms with van der Waals surface area (Å²) in [5, 5.41) is 1.16. The highest BCUT2D eigenvalue weighted by atomic mass is 16.5. The number of hydrogen-bond donors (Lipinski definition) is 0. The van der Waals surface area contributed by atoms with E-state index in [2.05, 4.69) is 45.7 Å². The molecule has 0 fully saturated rings. The van der Waals surface area contributed by atoms with Gasteiger partial charge < -0.3 is 4.74 Å². The first-order chi connectivity index (χ1) is 12.8. The van der Waals surface area contributed by atoms with E-state index < -0.39 is 0 Å². The van der Waals surface area contributed by atoms with Gasteiger partial charge >= 0.3 is 0 Å². The fraction of sp³-hybridized carbons (Fsp3) is 0.0909. The summed E-state index contributed by atoms with van der Waals surface area (Å²) in [6.45, 7) is 2.11. The lowest BCUT2D eigenvalue weighted by Crippen LogP contribution is -2.03. The Labute approximate surface area is 152 Å². The van der Waals surface area contributed by atoms with Crippen LogP contribution in [0.3, 0.4) is 0 Å². The van der Waals surface area contributed by atoms with Gasteiger partial charge in [0.1, 0.15) is 5.75 Å². The molecule has 0 saturated heterocycles. The summed E-state index contributed by atoms with van der Waals surface area (Å²) in [5.41, 5.74) is 4.43. The van der Waals surface area contributed by atoms with Gasteiger partial charge in [0, 0.05) is 17.8 Å². The molecule has 0 unspecified atom stereocenters. The number of nitrogens with zero attached hydrogens (tertiary/aromatic N) is 3. The summed E-state index contributed by atoms with van der Waals surface area (Å²) in [6.07, 6.45) is 5.69. The first-order valence-corrected chi connectivity index (χ1v) is 8.47. The van der Waals surface area contributed by atoms with Crippen LogP contribution < -0.4 is 4.74 Å². The summed E-state index contributed by atoms with van der Waals surface area (Å²) in [6, 6.07) is 20.3. The third kappa shape index (κ3) is 2.97. The Morgan fingerprint density at radius 2 is 1.69 bits per heavy atom. The number of benzene rings is 2. The van der Waals surface area contributed by atoms with Crippen LogP contribution in [-0.2, 0) is 0 Å². The molecule has 0 bridgehead atoms. The molecule has 0 amide bonds. The van der Waals surface area contributed by atoms with Crippen LogP contribution in [0, 0.1) is 0 Å². The Morgan fingerprint density at radius 3 is 2.42 bits per heavy atom. The van der Waals surface area contributed by atoms with Gasteiger partial charge in [-0.1, -0.05) is 30.3 Å². The first-order valence-electron chi connectivity index (χ1n) is 8.47. The summed E-state index contributed by atoms with van der Waals surface area (Å²) in [4.78, 5) is 8.90. The van der Waals surface area contributed by atoms with Gasteiger partial charge in [-0.2, -0.15) is 0 Å². The molecule has 4 rings (SSSR count). The van der Waals surface area contributed by atoms with E-state index in [1.165, 1.54) is 0 Å². The third-order valence-corrected chi connectivity index (χ3v) is 4.37. The van der Waals surface area contributed by atoms with Crippen molar-refractivity contribution in [1.29, 1.82) is 0 Å². The predicted octanol–water partition coefficient (Wildman–Crippen LogP) is 4.99. The second-order valence-corrected chi connectivity index (χ2v) is 6.07. The standard InChI is InChI=1S/C22H19N3O/c1-16(14-17-8-10-19(26-2)11-9-17)21-15-18-6-3-4-7-20(18)25(21)22-23-12-5-13-24-22/h3-15H,1-2H3/b16-14+. The van der Waals surface area contributed by atoms with Crippen LogP contribution in [-0.4, -0.2) is 21.6 Å². The zero-order valence-corrected chi connectivity index (χ0v) is 14.8. The highest BCUT2D eigenvalue weighted by Gasteiger charge is 2.13. The summed E-state index contributed by atoms with van der Waals surface area (Å²) in [5.74, 6) is 1.53. The van der Waals surface area contributed by atoms with Crippen LogP contribution in [0.5, 0.6) is 5.75 Å². The topological polar surface area (TPSA) is 39.9 Å². The fourth-order valence-corrected chi connectivity index (χ4v) is 3.09. The average molecular weight is 341 g/mol. The second kappa shape index (κ2) is 6.84. The van der Waals surface area contributed by atoms with Crippen LogP contribution >= 0.6 is 0 Å². The van der Waals surface area contributed by atoms with E-state index >= 15 is 0 Å². The van der Waals surface area contributed by atoms with Crippen molar-refractivity contribution in [2.45, 2.75) is 6.92 Å². The largest absolute Gasteiger partial charge is 0.497 e. The smallest absolute Gasteiger partial charge is 0.234 e. The van der Waals surface area contributed by atoms with Gasteiger partial charge in [0.25, 0.3) is 0 Å². The number of rotatable bonds is 4. The van der Waals surface area contributed by atoms with Crippen molar-refractivity contribution in [3.63, 3.8) is 0 Å². The highest BCUT2D eigenvalue weighted by molar-refractivity contribution is 5.90. The van der Waals surface area contributed by atoms with E-state index in [0.717, 1.165) is 33.5 Å². The molecule has 0 aliphatic heterocycles. The lowest BCUT2D eigenvalue weighted by atomic mass is 10.1. The molecule has 0 aliphatic rings. The van der Waals surface area contributed by atoms with Gasteiger partial charge in [0.05, 0.1) is 18.3 Å². The molecule has 0 saturated carbocycles. The van der Waals surface area contributed by atoms with Crippen LogP contribution in [0.25, 0.3) is 28.5 Å². The second-order valence-electron chi connectivity index (χ2n) is 6.07. The monoisotopic (exact) mass is 341 g/mol. The SMILES string of the molecule is COc1ccc(/C=C(\C)c2cc3ccccc3n2-c2ncccn2)cc1. The Morgan fingerprint density at radius 1 is 0.962 bits per heavy atom. The maximum absolute atomic E-state index is 5.23. The fourth-order valence-electron chi connectivity index (χ4n) is 3.09. The lowest BCUT2D eigenvalue weighted by Gasteiger charge is -2.09. The van der Waals surface area contributed by atoms with E-state index in [9.17, 15) is 0 Å². The van der Waals surface area contributed by atoms with Crippen molar-refractivity contribution in [3.8, 4) is 11.7 Å². The quantitative estimate of drug-likeness (QED) is 0.525. The van der Waals surface area contributed by atoms with Crippen LogP contribution in [0.4, 0.5) is 0 Å². The molecule has 0 radical (unpaired) electrons. The zero-order chi connectivity index (χ0) is 17.9. The van der Waals surface area contributed by atoms with Gasteiger partial charge in [0.15, 0.2) is 0 Å². The minimum absolute atomic E-state index is 0.672. The normalized spacial score (nSPS) is 11.7. The van der Waals surface area contributed by atoms with Crippen LogP contribution in [0.15, 0.2) is 73.1 Å². The van der Waals surface area contributed by atoms with Crippen molar-refractivity contribution in [2.75, 3.05) is 7.11 Å². The number of fused-ring (bicyclic) bond motifs is 1. The van der Waals surface area contributed by atoms with Gasteiger partial charge in [-0.05, 0) is 54.5 Å². The zero-order valence-electron chi connectivity index (χ0n) is 14.8. The highest BCUT2D eigenvalue weighted by Crippen LogP contribution is 2.28.